The minimum absolute atomic E-state index is 0.00950. The van der Waals surface area contributed by atoms with Gasteiger partial charge in [0.1, 0.15) is 0 Å². The molecule has 0 radical (unpaired) electrons. The summed E-state index contributed by atoms with van der Waals surface area (Å²) in [5.41, 5.74) is 1.90. The fraction of sp³-hybridized carbons (Fsp3) is 0.933. The highest BCUT2D eigenvalue weighted by Crippen LogP contribution is 2.75. The van der Waals surface area contributed by atoms with Crippen molar-refractivity contribution in [3.63, 3.8) is 0 Å². The van der Waals surface area contributed by atoms with Crippen molar-refractivity contribution in [3.05, 3.63) is 11.6 Å². The van der Waals surface area contributed by atoms with E-state index < -0.39 is 11.5 Å². The van der Waals surface area contributed by atoms with E-state index in [1.54, 1.807) is 5.57 Å². The molecule has 0 unspecified atom stereocenters. The summed E-state index contributed by atoms with van der Waals surface area (Å²) in [6.07, 6.45) is 11.6. The summed E-state index contributed by atoms with van der Waals surface area (Å²) in [4.78, 5) is 0. The van der Waals surface area contributed by atoms with E-state index in [0.29, 0.717) is 23.2 Å². The summed E-state index contributed by atoms with van der Waals surface area (Å²) >= 11 is 0. The topological polar surface area (TPSA) is 60.7 Å². The predicted molar refractivity (Wildman–Crippen MR) is 134 cm³/mol. The number of fused-ring (bicyclic) bond motifs is 7. The highest BCUT2D eigenvalue weighted by atomic mass is 16.3. The Balaban J connectivity index is 1.60. The van der Waals surface area contributed by atoms with E-state index in [1.807, 2.05) is 0 Å². The number of hydrogen-bond acceptors (Lipinski definition) is 3. The molecule has 10 atom stereocenters. The smallest absolute Gasteiger partial charge is 0.0618 e. The first-order valence-corrected chi connectivity index (χ1v) is 13.9. The van der Waals surface area contributed by atoms with Gasteiger partial charge in [0.25, 0.3) is 0 Å². The average Bonchev–Trinajstić information content (AvgIpc) is 2.73. The Morgan fingerprint density at radius 1 is 0.788 bits per heavy atom. The average molecular weight is 459 g/mol. The first-order chi connectivity index (χ1) is 15.2. The van der Waals surface area contributed by atoms with Gasteiger partial charge in [0.15, 0.2) is 0 Å². The fourth-order valence-electron chi connectivity index (χ4n) is 10.6. The van der Waals surface area contributed by atoms with Crippen LogP contribution in [0.5, 0.6) is 0 Å². The largest absolute Gasteiger partial charge is 0.396 e. The van der Waals surface area contributed by atoms with Gasteiger partial charge in [-0.05, 0) is 97.2 Å². The van der Waals surface area contributed by atoms with Crippen molar-refractivity contribution in [2.24, 2.45) is 50.2 Å². The van der Waals surface area contributed by atoms with Gasteiger partial charge >= 0.3 is 0 Å². The zero-order valence-corrected chi connectivity index (χ0v) is 22.4. The lowest BCUT2D eigenvalue weighted by Crippen LogP contribution is -2.66. The second kappa shape index (κ2) is 7.10. The van der Waals surface area contributed by atoms with Crippen molar-refractivity contribution in [3.8, 4) is 0 Å². The molecule has 188 valence electrons. The SMILES string of the molecule is CC1(C)CC[C@]2(C)[C@H](O)C[C@]3(C)C(=CC[C@@H]4[C@@]5(C)CC[C@H](O)[C@](C)(CO)[C@@H]5CC[C@]43C)[C@@H]2C1. The second-order valence-corrected chi connectivity index (χ2v) is 15.2. The minimum atomic E-state index is -0.406. The molecule has 3 N–H and O–H groups in total. The Bertz CT molecular complexity index is 847. The molecular formula is C30H50O3. The summed E-state index contributed by atoms with van der Waals surface area (Å²) in [7, 11) is 0. The molecule has 33 heavy (non-hydrogen) atoms. The van der Waals surface area contributed by atoms with Crippen LogP contribution in [0.25, 0.3) is 0 Å². The fourth-order valence-corrected chi connectivity index (χ4v) is 10.6. The number of rotatable bonds is 1. The zero-order valence-electron chi connectivity index (χ0n) is 22.4. The van der Waals surface area contributed by atoms with Crippen LogP contribution in [0.4, 0.5) is 0 Å². The molecule has 3 nitrogen and oxygen atoms in total. The van der Waals surface area contributed by atoms with Crippen LogP contribution in [0.3, 0.4) is 0 Å². The molecule has 0 aromatic carbocycles. The van der Waals surface area contributed by atoms with Crippen LogP contribution < -0.4 is 0 Å². The van der Waals surface area contributed by atoms with E-state index in [-0.39, 0.29) is 34.4 Å². The Kier molecular flexibility index (Phi) is 5.23. The minimum Gasteiger partial charge on any atom is -0.396 e. The first kappa shape index (κ1) is 24.3. The van der Waals surface area contributed by atoms with Gasteiger partial charge in [-0.2, -0.15) is 0 Å². The van der Waals surface area contributed by atoms with Gasteiger partial charge < -0.3 is 15.3 Å². The molecule has 5 rings (SSSR count). The zero-order chi connectivity index (χ0) is 24.2. The predicted octanol–water partition coefficient (Wildman–Crippen LogP) is 6.11. The monoisotopic (exact) mass is 458 g/mol. The van der Waals surface area contributed by atoms with Crippen LogP contribution >= 0.6 is 0 Å². The highest BCUT2D eigenvalue weighted by Gasteiger charge is 2.69. The normalized spacial score (nSPS) is 57.8. The maximum Gasteiger partial charge on any atom is 0.0618 e. The van der Waals surface area contributed by atoms with Gasteiger partial charge in [-0.3, -0.25) is 0 Å². The van der Waals surface area contributed by atoms with E-state index in [1.165, 1.54) is 12.8 Å². The van der Waals surface area contributed by atoms with Crippen molar-refractivity contribution in [1.29, 1.82) is 0 Å². The number of aliphatic hydroxyl groups is 3. The molecule has 0 aliphatic heterocycles. The molecule has 0 heterocycles. The third-order valence-electron chi connectivity index (χ3n) is 13.3. The Morgan fingerprint density at radius 2 is 1.48 bits per heavy atom. The third-order valence-corrected chi connectivity index (χ3v) is 13.3. The van der Waals surface area contributed by atoms with Crippen molar-refractivity contribution < 1.29 is 15.3 Å². The van der Waals surface area contributed by atoms with Crippen molar-refractivity contribution in [1.82, 2.24) is 0 Å². The lowest BCUT2D eigenvalue weighted by atomic mass is 9.33. The molecule has 3 heteroatoms. The maximum atomic E-state index is 11.7. The molecule has 4 saturated carbocycles. The van der Waals surface area contributed by atoms with Crippen molar-refractivity contribution in [2.75, 3.05) is 6.61 Å². The molecule has 0 aromatic rings. The lowest BCUT2D eigenvalue weighted by molar-refractivity contribution is -0.223. The molecule has 5 aliphatic carbocycles. The van der Waals surface area contributed by atoms with Crippen LogP contribution in [0.15, 0.2) is 11.6 Å². The molecule has 0 bridgehead atoms. The van der Waals surface area contributed by atoms with E-state index in [9.17, 15) is 15.3 Å². The van der Waals surface area contributed by atoms with E-state index in [2.05, 4.69) is 54.5 Å². The van der Waals surface area contributed by atoms with Gasteiger partial charge in [-0.1, -0.05) is 60.1 Å². The lowest BCUT2D eigenvalue weighted by Gasteiger charge is -2.72. The van der Waals surface area contributed by atoms with Crippen LogP contribution in [-0.4, -0.2) is 34.1 Å². The highest BCUT2D eigenvalue weighted by molar-refractivity contribution is 5.34. The summed E-state index contributed by atoms with van der Waals surface area (Å²) in [6.45, 7) is 17.0. The second-order valence-electron chi connectivity index (χ2n) is 15.2. The van der Waals surface area contributed by atoms with Crippen molar-refractivity contribution >= 4 is 0 Å². The van der Waals surface area contributed by atoms with Crippen LogP contribution in [0, 0.1) is 50.2 Å². The molecular weight excluding hydrogens is 408 g/mol. The van der Waals surface area contributed by atoms with Gasteiger partial charge in [0.2, 0.25) is 0 Å². The third kappa shape index (κ3) is 2.91. The van der Waals surface area contributed by atoms with E-state index >= 15 is 0 Å². The van der Waals surface area contributed by atoms with Crippen LogP contribution in [-0.2, 0) is 0 Å². The molecule has 5 aliphatic rings. The summed E-state index contributed by atoms with van der Waals surface area (Å²) in [6, 6.07) is 0. The summed E-state index contributed by atoms with van der Waals surface area (Å²) < 4.78 is 0. The number of aliphatic hydroxyl groups excluding tert-OH is 3. The van der Waals surface area contributed by atoms with Gasteiger partial charge in [-0.25, -0.2) is 0 Å². The summed E-state index contributed by atoms with van der Waals surface area (Å²) in [5.74, 6) is 1.36. The van der Waals surface area contributed by atoms with Gasteiger partial charge in [0.05, 0.1) is 18.8 Å². The maximum absolute atomic E-state index is 11.7. The molecule has 0 saturated heterocycles. The van der Waals surface area contributed by atoms with Gasteiger partial charge in [-0.15, -0.1) is 0 Å². The standard InChI is InChI=1S/C30H50O3/c1-25(2)14-15-26(3)20(16-25)19-8-9-22-27(4)12-11-23(32)28(5,18-31)21(27)10-13-29(22,6)30(19,7)17-24(26)33/h8,20-24,31-33H,9-18H2,1-7H3/t20-,21+,22+,23-,24+,26-,27-,28+,29+,30+/m0/s1. The Labute approximate surface area is 202 Å². The molecule has 0 aromatic heterocycles. The Hall–Kier alpha value is -0.380. The molecule has 4 fully saturated rings. The first-order valence-electron chi connectivity index (χ1n) is 13.9. The molecule has 0 spiro atoms. The number of hydrogen-bond donors (Lipinski definition) is 3. The summed E-state index contributed by atoms with van der Waals surface area (Å²) in [5, 5.41) is 33.0. The van der Waals surface area contributed by atoms with E-state index in [0.717, 1.165) is 44.9 Å². The van der Waals surface area contributed by atoms with Crippen molar-refractivity contribution in [2.45, 2.75) is 118 Å². The number of allylic oxidation sites excluding steroid dienone is 2. The van der Waals surface area contributed by atoms with Crippen LogP contribution in [0.2, 0.25) is 0 Å². The molecule has 0 amide bonds. The van der Waals surface area contributed by atoms with Gasteiger partial charge in [0, 0.05) is 10.8 Å². The quantitative estimate of drug-likeness (QED) is 0.415. The Morgan fingerprint density at radius 3 is 2.15 bits per heavy atom. The van der Waals surface area contributed by atoms with Crippen LogP contribution in [0.1, 0.15) is 106 Å². The van der Waals surface area contributed by atoms with E-state index in [4.69, 9.17) is 0 Å².